The van der Waals surface area contributed by atoms with Crippen molar-refractivity contribution in [2.45, 2.75) is 51.4 Å². The van der Waals surface area contributed by atoms with Gasteiger partial charge < -0.3 is 4.55 Å². The molecule has 8 heteroatoms. The van der Waals surface area contributed by atoms with Crippen molar-refractivity contribution in [2.75, 3.05) is 0 Å². The van der Waals surface area contributed by atoms with Crippen molar-refractivity contribution >= 4 is 16.3 Å². The van der Waals surface area contributed by atoms with Gasteiger partial charge in [0.25, 0.3) is 0 Å². The van der Waals surface area contributed by atoms with Crippen LogP contribution in [-0.2, 0) is 19.5 Å². The summed E-state index contributed by atoms with van der Waals surface area (Å²) in [6.07, 6.45) is 12.8. The molecule has 0 aliphatic rings. The Labute approximate surface area is 144 Å². The van der Waals surface area contributed by atoms with Crippen LogP contribution in [0.3, 0.4) is 0 Å². The standard InChI is InChI=1S/C11H21NO5S.C5H5N/c1-2-3-4-5-6-7-8-9-10-11(13)12-17-18(14,15)16;1-2-4-6-5-3-1/h2H,1,3-10H2,(H,12,13)(H,14,15,16);1-5H. The minimum atomic E-state index is -4.86. The molecule has 1 aromatic rings. The number of hydroxylamine groups is 1. The Morgan fingerprint density at radius 3 is 2.12 bits per heavy atom. The maximum absolute atomic E-state index is 11.0. The molecule has 1 amide bonds. The van der Waals surface area contributed by atoms with Crippen LogP contribution in [0.2, 0.25) is 0 Å². The van der Waals surface area contributed by atoms with Crippen LogP contribution in [0, 0.1) is 0 Å². The van der Waals surface area contributed by atoms with Gasteiger partial charge in [-0.1, -0.05) is 37.8 Å². The topological polar surface area (TPSA) is 110 Å². The summed E-state index contributed by atoms with van der Waals surface area (Å²) in [5, 5.41) is 0. The molecule has 1 rings (SSSR count). The lowest BCUT2D eigenvalue weighted by atomic mass is 10.1. The van der Waals surface area contributed by atoms with Gasteiger partial charge in [-0.25, -0.2) is 18.9 Å². The fourth-order valence-electron chi connectivity index (χ4n) is 1.77. The highest BCUT2D eigenvalue weighted by Crippen LogP contribution is 2.08. The van der Waals surface area contributed by atoms with Crippen LogP contribution in [0.25, 0.3) is 0 Å². The zero-order valence-electron chi connectivity index (χ0n) is 13.8. The van der Waals surface area contributed by atoms with E-state index in [2.05, 4.69) is 15.8 Å². The van der Waals surface area contributed by atoms with E-state index in [1.54, 1.807) is 5.48 Å². The van der Waals surface area contributed by atoms with Gasteiger partial charge in [0.2, 0.25) is 16.3 Å². The Hall–Kier alpha value is -1.77. The lowest BCUT2D eigenvalue weighted by molar-refractivity contribution is -0.377. The number of hydrogen-bond acceptors (Lipinski definition) is 5. The molecule has 1 heterocycles. The van der Waals surface area contributed by atoms with E-state index in [4.69, 9.17) is 0 Å². The van der Waals surface area contributed by atoms with Crippen LogP contribution in [0.4, 0.5) is 0 Å². The minimum absolute atomic E-state index is 0.155. The van der Waals surface area contributed by atoms with Gasteiger partial charge in [0, 0.05) is 18.6 Å². The fraction of sp³-hybridized carbons (Fsp3) is 0.500. The van der Waals surface area contributed by atoms with E-state index in [-0.39, 0.29) is 6.42 Å². The van der Waals surface area contributed by atoms with E-state index in [9.17, 15) is 17.8 Å². The van der Waals surface area contributed by atoms with E-state index >= 15 is 0 Å². The van der Waals surface area contributed by atoms with E-state index < -0.39 is 16.3 Å². The van der Waals surface area contributed by atoms with Crippen molar-refractivity contribution in [1.82, 2.24) is 5.48 Å². The molecule has 0 atom stereocenters. The van der Waals surface area contributed by atoms with Crippen LogP contribution in [0.15, 0.2) is 43.2 Å². The smallest absolute Gasteiger partial charge is 0.244 e. The second-order valence-electron chi connectivity index (χ2n) is 5.04. The number of nitrogens with one attached hydrogen (secondary N) is 2. The van der Waals surface area contributed by atoms with Crippen LogP contribution < -0.4 is 10.5 Å². The number of carbonyl (C=O) groups is 1. The molecule has 0 saturated carbocycles. The third-order valence-corrected chi connectivity index (χ3v) is 3.21. The number of amides is 1. The highest BCUT2D eigenvalue weighted by molar-refractivity contribution is 7.80. The molecule has 0 unspecified atom stereocenters. The molecule has 0 fully saturated rings. The summed E-state index contributed by atoms with van der Waals surface area (Å²) < 4.78 is 33.7. The zero-order chi connectivity index (χ0) is 18.1. The van der Waals surface area contributed by atoms with E-state index in [1.165, 1.54) is 0 Å². The van der Waals surface area contributed by atoms with Crippen LogP contribution in [0.5, 0.6) is 0 Å². The normalized spacial score (nSPS) is 10.4. The molecule has 0 radical (unpaired) electrons. The third kappa shape index (κ3) is 18.3. The second-order valence-corrected chi connectivity index (χ2v) is 6.03. The molecule has 0 spiro atoms. The first-order chi connectivity index (χ1) is 11.5. The molecular weight excluding hydrogens is 332 g/mol. The van der Waals surface area contributed by atoms with Gasteiger partial charge in [0.15, 0.2) is 12.4 Å². The SMILES string of the molecule is C=CCCCCCCCCC(=O)NOS(=O)(=O)[O-].c1cc[nH+]cc1. The first-order valence-electron chi connectivity index (χ1n) is 7.91. The summed E-state index contributed by atoms with van der Waals surface area (Å²) in [5.41, 5.74) is 1.59. The summed E-state index contributed by atoms with van der Waals surface area (Å²) in [6.45, 7) is 3.64. The van der Waals surface area contributed by atoms with Gasteiger partial charge >= 0.3 is 0 Å². The molecule has 0 aliphatic heterocycles. The largest absolute Gasteiger partial charge is 0.724 e. The van der Waals surface area contributed by atoms with E-state index in [0.717, 1.165) is 38.5 Å². The molecule has 0 aliphatic carbocycles. The molecule has 0 saturated heterocycles. The maximum Gasteiger partial charge on any atom is 0.244 e. The number of rotatable bonds is 11. The van der Waals surface area contributed by atoms with Crippen LogP contribution >= 0.6 is 0 Å². The van der Waals surface area contributed by atoms with Gasteiger partial charge in [0.1, 0.15) is 0 Å². The number of hydrogen-bond donors (Lipinski definition) is 1. The quantitative estimate of drug-likeness (QED) is 0.215. The van der Waals surface area contributed by atoms with Gasteiger partial charge in [-0.15, -0.1) is 6.58 Å². The van der Waals surface area contributed by atoms with E-state index in [1.807, 2.05) is 36.7 Å². The van der Waals surface area contributed by atoms with Crippen molar-refractivity contribution in [3.63, 3.8) is 0 Å². The van der Waals surface area contributed by atoms with Gasteiger partial charge in [-0.05, 0) is 19.3 Å². The number of carbonyl (C=O) groups excluding carboxylic acids is 1. The average Bonchev–Trinajstić information content (AvgIpc) is 2.57. The highest BCUT2D eigenvalue weighted by Gasteiger charge is 2.03. The Morgan fingerprint density at radius 2 is 1.67 bits per heavy atom. The van der Waals surface area contributed by atoms with Gasteiger partial charge in [-0.3, -0.25) is 4.79 Å². The number of unbranched alkanes of at least 4 members (excludes halogenated alkanes) is 6. The lowest BCUT2D eigenvalue weighted by Crippen LogP contribution is -2.26. The highest BCUT2D eigenvalue weighted by atomic mass is 32.3. The predicted octanol–water partition coefficient (Wildman–Crippen LogP) is 2.30. The van der Waals surface area contributed by atoms with Crippen molar-refractivity contribution in [3.05, 3.63) is 43.2 Å². The van der Waals surface area contributed by atoms with Gasteiger partial charge in [-0.2, -0.15) is 4.28 Å². The summed E-state index contributed by atoms with van der Waals surface area (Å²) >= 11 is 0. The first kappa shape index (κ1) is 22.2. The molecule has 7 nitrogen and oxygen atoms in total. The number of pyridine rings is 1. The van der Waals surface area contributed by atoms with Crippen molar-refractivity contribution < 1.29 is 27.0 Å². The number of aromatic amines is 1. The summed E-state index contributed by atoms with van der Waals surface area (Å²) in [6, 6.07) is 5.86. The molecule has 136 valence electrons. The second kappa shape index (κ2) is 14.8. The molecular formula is C16H26N2O5S. The number of allylic oxidation sites excluding steroid dienone is 1. The number of aromatic nitrogens is 1. The molecule has 0 aromatic carbocycles. The summed E-state index contributed by atoms with van der Waals surface area (Å²) in [5.74, 6) is -0.596. The lowest BCUT2D eigenvalue weighted by Gasteiger charge is -2.07. The summed E-state index contributed by atoms with van der Waals surface area (Å²) in [4.78, 5) is 13.9. The number of H-pyrrole nitrogens is 1. The Bertz CT molecular complexity index is 508. The predicted molar refractivity (Wildman–Crippen MR) is 89.1 cm³/mol. The average molecular weight is 358 g/mol. The van der Waals surface area contributed by atoms with Crippen LogP contribution in [-0.4, -0.2) is 18.9 Å². The third-order valence-electron chi connectivity index (χ3n) is 2.93. The maximum atomic E-state index is 11.0. The zero-order valence-corrected chi connectivity index (χ0v) is 14.6. The first-order valence-corrected chi connectivity index (χ1v) is 9.24. The monoisotopic (exact) mass is 358 g/mol. The Balaban J connectivity index is 0.000000728. The molecule has 2 N–H and O–H groups in total. The molecule has 24 heavy (non-hydrogen) atoms. The molecule has 0 bridgehead atoms. The van der Waals surface area contributed by atoms with E-state index in [0.29, 0.717) is 6.42 Å². The van der Waals surface area contributed by atoms with Crippen molar-refractivity contribution in [3.8, 4) is 0 Å². The fourth-order valence-corrected chi connectivity index (χ4v) is 1.97. The minimum Gasteiger partial charge on any atom is -0.724 e. The Kier molecular flexibility index (Phi) is 13.7. The van der Waals surface area contributed by atoms with Crippen molar-refractivity contribution in [1.29, 1.82) is 0 Å². The van der Waals surface area contributed by atoms with Crippen molar-refractivity contribution in [2.24, 2.45) is 0 Å². The van der Waals surface area contributed by atoms with Gasteiger partial charge in [0.05, 0.1) is 0 Å². The van der Waals surface area contributed by atoms with Crippen LogP contribution in [0.1, 0.15) is 51.4 Å². The Morgan fingerprint density at radius 1 is 1.08 bits per heavy atom. The summed E-state index contributed by atoms with van der Waals surface area (Å²) in [7, 11) is -4.86. The molecule has 1 aromatic heterocycles.